The van der Waals surface area contributed by atoms with Crippen molar-refractivity contribution in [3.05, 3.63) is 29.3 Å². The molecule has 0 aliphatic rings. The summed E-state index contributed by atoms with van der Waals surface area (Å²) in [5.41, 5.74) is 2.91. The maximum absolute atomic E-state index is 11.5. The molecule has 0 fully saturated rings. The summed E-state index contributed by atoms with van der Waals surface area (Å²) in [6.45, 7) is 3.92. The molecule has 1 amide bonds. The molecular formula is C12H14BrNO2. The number of amides is 1. The summed E-state index contributed by atoms with van der Waals surface area (Å²) in [7, 11) is 0. The Labute approximate surface area is 103 Å². The third-order valence-corrected chi connectivity index (χ3v) is 2.79. The fourth-order valence-corrected chi connectivity index (χ4v) is 1.57. The van der Waals surface area contributed by atoms with Gasteiger partial charge >= 0.3 is 0 Å². The monoisotopic (exact) mass is 283 g/mol. The highest BCUT2D eigenvalue weighted by atomic mass is 79.9. The van der Waals surface area contributed by atoms with Crippen molar-refractivity contribution in [2.24, 2.45) is 0 Å². The molecular weight excluding hydrogens is 270 g/mol. The van der Waals surface area contributed by atoms with Crippen LogP contribution in [0, 0.1) is 13.8 Å². The number of Topliss-reactive ketones (excluding diaryl/α,β-unsaturated/α-hetero) is 1. The minimum Gasteiger partial charge on any atom is -0.325 e. The normalized spacial score (nSPS) is 9.94. The van der Waals surface area contributed by atoms with Crippen LogP contribution in [0.4, 0.5) is 5.69 Å². The van der Waals surface area contributed by atoms with Crippen molar-refractivity contribution in [2.45, 2.75) is 20.3 Å². The molecule has 1 rings (SSSR count). The lowest BCUT2D eigenvalue weighted by Crippen LogP contribution is -2.17. The van der Waals surface area contributed by atoms with Gasteiger partial charge in [-0.3, -0.25) is 9.59 Å². The van der Waals surface area contributed by atoms with Crippen LogP contribution in [0.3, 0.4) is 0 Å². The summed E-state index contributed by atoms with van der Waals surface area (Å²) >= 11 is 3.02. The van der Waals surface area contributed by atoms with Gasteiger partial charge in [-0.15, -0.1) is 0 Å². The maximum Gasteiger partial charge on any atom is 0.231 e. The van der Waals surface area contributed by atoms with Crippen LogP contribution in [0.25, 0.3) is 0 Å². The van der Waals surface area contributed by atoms with E-state index in [1.165, 1.54) is 0 Å². The Balaban J connectivity index is 2.66. The predicted octanol–water partition coefficient (Wildman–Crippen LogP) is 2.60. The van der Waals surface area contributed by atoms with E-state index in [1.54, 1.807) is 0 Å². The standard InChI is InChI=1S/C12H14BrNO2/c1-8-3-4-11(9(2)5-8)14-12(16)6-10(15)7-13/h3-5H,6-7H2,1-2H3,(H,14,16). The molecule has 1 aromatic rings. The zero-order chi connectivity index (χ0) is 12.1. The Bertz CT molecular complexity index is 415. The molecule has 0 aliphatic carbocycles. The van der Waals surface area contributed by atoms with Crippen molar-refractivity contribution >= 4 is 33.3 Å². The van der Waals surface area contributed by atoms with Crippen molar-refractivity contribution in [1.82, 2.24) is 0 Å². The van der Waals surface area contributed by atoms with Crippen LogP contribution >= 0.6 is 15.9 Å². The molecule has 0 heterocycles. The largest absolute Gasteiger partial charge is 0.325 e. The summed E-state index contributed by atoms with van der Waals surface area (Å²) in [6.07, 6.45) is -0.0848. The smallest absolute Gasteiger partial charge is 0.231 e. The fourth-order valence-electron chi connectivity index (χ4n) is 1.37. The van der Waals surface area contributed by atoms with E-state index in [-0.39, 0.29) is 23.4 Å². The Morgan fingerprint density at radius 2 is 2.00 bits per heavy atom. The number of hydrogen-bond donors (Lipinski definition) is 1. The van der Waals surface area contributed by atoms with Gasteiger partial charge in [-0.1, -0.05) is 33.6 Å². The van der Waals surface area contributed by atoms with Gasteiger partial charge in [-0.05, 0) is 25.5 Å². The van der Waals surface area contributed by atoms with Gasteiger partial charge in [0.05, 0.1) is 11.8 Å². The number of anilines is 1. The molecule has 0 spiro atoms. The first-order chi connectivity index (χ1) is 7.52. The Kier molecular flexibility index (Phi) is 4.68. The van der Waals surface area contributed by atoms with Gasteiger partial charge in [0, 0.05) is 5.69 Å². The zero-order valence-electron chi connectivity index (χ0n) is 9.34. The highest BCUT2D eigenvalue weighted by Crippen LogP contribution is 2.16. The summed E-state index contributed by atoms with van der Waals surface area (Å²) in [6, 6.07) is 5.76. The molecule has 0 aliphatic heterocycles. The molecule has 3 nitrogen and oxygen atoms in total. The predicted molar refractivity (Wildman–Crippen MR) is 68.0 cm³/mol. The first kappa shape index (κ1) is 12.9. The minimum absolute atomic E-state index is 0.0848. The van der Waals surface area contributed by atoms with E-state index in [9.17, 15) is 9.59 Å². The molecule has 0 unspecified atom stereocenters. The van der Waals surface area contributed by atoms with Gasteiger partial charge < -0.3 is 5.32 Å². The molecule has 0 saturated heterocycles. The molecule has 0 atom stereocenters. The van der Waals surface area contributed by atoms with E-state index in [0.717, 1.165) is 16.8 Å². The lowest BCUT2D eigenvalue weighted by molar-refractivity contribution is -0.123. The zero-order valence-corrected chi connectivity index (χ0v) is 10.9. The molecule has 4 heteroatoms. The molecule has 0 aromatic heterocycles. The van der Waals surface area contributed by atoms with E-state index in [1.807, 2.05) is 32.0 Å². The summed E-state index contributed by atoms with van der Waals surface area (Å²) in [4.78, 5) is 22.5. The second-order valence-electron chi connectivity index (χ2n) is 3.72. The second-order valence-corrected chi connectivity index (χ2v) is 4.28. The van der Waals surface area contributed by atoms with Gasteiger partial charge in [-0.2, -0.15) is 0 Å². The number of nitrogens with one attached hydrogen (secondary N) is 1. The summed E-state index contributed by atoms with van der Waals surface area (Å²) < 4.78 is 0. The average Bonchev–Trinajstić information content (AvgIpc) is 2.22. The van der Waals surface area contributed by atoms with Crippen LogP contribution in [0.5, 0.6) is 0 Å². The number of aryl methyl sites for hydroxylation is 2. The van der Waals surface area contributed by atoms with Crippen LogP contribution in [-0.2, 0) is 9.59 Å². The van der Waals surface area contributed by atoms with Crippen molar-refractivity contribution in [3.63, 3.8) is 0 Å². The molecule has 0 saturated carbocycles. The third kappa shape index (κ3) is 3.77. The number of benzene rings is 1. The van der Waals surface area contributed by atoms with Crippen LogP contribution in [0.2, 0.25) is 0 Å². The Morgan fingerprint density at radius 3 is 2.56 bits per heavy atom. The third-order valence-electron chi connectivity index (χ3n) is 2.16. The molecule has 1 N–H and O–H groups in total. The van der Waals surface area contributed by atoms with E-state index in [2.05, 4.69) is 21.2 Å². The number of alkyl halides is 1. The van der Waals surface area contributed by atoms with Gasteiger partial charge in [-0.25, -0.2) is 0 Å². The Hall–Kier alpha value is -1.16. The van der Waals surface area contributed by atoms with Crippen LogP contribution in [0.1, 0.15) is 17.5 Å². The van der Waals surface area contributed by atoms with Gasteiger partial charge in [0.1, 0.15) is 0 Å². The maximum atomic E-state index is 11.5. The highest BCUT2D eigenvalue weighted by molar-refractivity contribution is 9.09. The second kappa shape index (κ2) is 5.80. The van der Waals surface area contributed by atoms with Crippen LogP contribution < -0.4 is 5.32 Å². The number of carbonyl (C=O) groups is 2. The number of hydrogen-bond acceptors (Lipinski definition) is 2. The van der Waals surface area contributed by atoms with Crippen molar-refractivity contribution < 1.29 is 9.59 Å². The molecule has 0 radical (unpaired) electrons. The number of rotatable bonds is 4. The van der Waals surface area contributed by atoms with E-state index in [0.29, 0.717) is 0 Å². The minimum atomic E-state index is -0.267. The van der Waals surface area contributed by atoms with Crippen molar-refractivity contribution in [3.8, 4) is 0 Å². The van der Waals surface area contributed by atoms with Gasteiger partial charge in [0.2, 0.25) is 5.91 Å². The van der Waals surface area contributed by atoms with Gasteiger partial charge in [0.15, 0.2) is 5.78 Å². The first-order valence-corrected chi connectivity index (χ1v) is 6.10. The lowest BCUT2D eigenvalue weighted by atomic mass is 10.1. The fraction of sp³-hybridized carbons (Fsp3) is 0.333. The summed E-state index contributed by atoms with van der Waals surface area (Å²) in [5, 5.41) is 2.94. The van der Waals surface area contributed by atoms with Gasteiger partial charge in [0.25, 0.3) is 0 Å². The number of halogens is 1. The van der Waals surface area contributed by atoms with Crippen LogP contribution in [-0.4, -0.2) is 17.0 Å². The molecule has 1 aromatic carbocycles. The van der Waals surface area contributed by atoms with Crippen LogP contribution in [0.15, 0.2) is 18.2 Å². The van der Waals surface area contributed by atoms with Crippen molar-refractivity contribution in [2.75, 3.05) is 10.6 Å². The number of ketones is 1. The summed E-state index contributed by atoms with van der Waals surface area (Å²) in [5.74, 6) is -0.390. The van der Waals surface area contributed by atoms with Crippen molar-refractivity contribution in [1.29, 1.82) is 0 Å². The molecule has 86 valence electrons. The van der Waals surface area contributed by atoms with E-state index in [4.69, 9.17) is 0 Å². The molecule has 16 heavy (non-hydrogen) atoms. The van der Waals surface area contributed by atoms with E-state index < -0.39 is 0 Å². The first-order valence-electron chi connectivity index (χ1n) is 4.97. The Morgan fingerprint density at radius 1 is 1.31 bits per heavy atom. The molecule has 0 bridgehead atoms. The SMILES string of the molecule is Cc1ccc(NC(=O)CC(=O)CBr)c(C)c1. The highest BCUT2D eigenvalue weighted by Gasteiger charge is 2.09. The quantitative estimate of drug-likeness (QED) is 0.682. The average molecular weight is 284 g/mol. The topological polar surface area (TPSA) is 46.2 Å². The number of carbonyl (C=O) groups excluding carboxylic acids is 2. The lowest BCUT2D eigenvalue weighted by Gasteiger charge is -2.08. The van der Waals surface area contributed by atoms with E-state index >= 15 is 0 Å².